The molecule has 0 bridgehead atoms. The molecule has 1 aromatic rings. The first-order chi connectivity index (χ1) is 11.8. The molecule has 1 atom stereocenters. The molecule has 7 nitrogen and oxygen atoms in total. The van der Waals surface area contributed by atoms with Crippen LogP contribution in [-0.2, 0) is 23.9 Å². The highest BCUT2D eigenvalue weighted by atomic mass is 16.5. The molecular formula is C18H23NO6. The first kappa shape index (κ1) is 20.5. The fourth-order valence-electron chi connectivity index (χ4n) is 2.29. The summed E-state index contributed by atoms with van der Waals surface area (Å²) in [7, 11) is 0. The van der Waals surface area contributed by atoms with E-state index in [1.54, 1.807) is 26.1 Å². The lowest BCUT2D eigenvalue weighted by Crippen LogP contribution is -2.29. The highest BCUT2D eigenvalue weighted by Gasteiger charge is 2.28. The van der Waals surface area contributed by atoms with Crippen LogP contribution in [0.5, 0.6) is 0 Å². The van der Waals surface area contributed by atoms with Crippen LogP contribution in [0.2, 0.25) is 0 Å². The van der Waals surface area contributed by atoms with Crippen molar-refractivity contribution in [1.82, 2.24) is 4.98 Å². The minimum atomic E-state index is -0.989. The lowest BCUT2D eigenvalue weighted by atomic mass is 9.89. The van der Waals surface area contributed by atoms with Crippen molar-refractivity contribution in [1.29, 1.82) is 0 Å². The van der Waals surface area contributed by atoms with Gasteiger partial charge < -0.3 is 9.47 Å². The Kier molecular flexibility index (Phi) is 8.46. The zero-order chi connectivity index (χ0) is 18.8. The first-order valence-corrected chi connectivity index (χ1v) is 8.12. The lowest BCUT2D eigenvalue weighted by Gasteiger charge is -2.15. The number of ether oxygens (including phenoxy) is 2. The number of pyridine rings is 1. The van der Waals surface area contributed by atoms with Gasteiger partial charge in [-0.3, -0.25) is 24.2 Å². The molecule has 0 fully saturated rings. The van der Waals surface area contributed by atoms with Gasteiger partial charge in [-0.1, -0.05) is 0 Å². The molecule has 7 heteroatoms. The van der Waals surface area contributed by atoms with Crippen molar-refractivity contribution in [3.63, 3.8) is 0 Å². The van der Waals surface area contributed by atoms with Crippen LogP contribution in [0.1, 0.15) is 49.0 Å². The molecule has 0 amide bonds. The Morgan fingerprint density at radius 2 is 1.88 bits per heavy atom. The summed E-state index contributed by atoms with van der Waals surface area (Å²) in [6.45, 7) is 4.50. The molecule has 0 saturated carbocycles. The van der Waals surface area contributed by atoms with Gasteiger partial charge in [0.15, 0.2) is 18.2 Å². The number of rotatable bonds is 10. The standard InChI is InChI=1S/C18H23NO6/c1-4-24-17(22)7-5-6-15(16(21)11-25-13(3)20)18(23)14-8-12(2)9-19-10-14/h8-10,15H,4-7,11H2,1-3H3. The average molecular weight is 349 g/mol. The number of esters is 2. The van der Waals surface area contributed by atoms with Gasteiger partial charge in [0.2, 0.25) is 0 Å². The van der Waals surface area contributed by atoms with Crippen LogP contribution in [0.4, 0.5) is 0 Å². The summed E-state index contributed by atoms with van der Waals surface area (Å²) in [4.78, 5) is 51.3. The molecule has 0 aliphatic carbocycles. The van der Waals surface area contributed by atoms with Crippen LogP contribution in [-0.4, -0.2) is 41.7 Å². The van der Waals surface area contributed by atoms with Crippen molar-refractivity contribution in [2.45, 2.75) is 40.0 Å². The van der Waals surface area contributed by atoms with Crippen LogP contribution in [0.25, 0.3) is 0 Å². The van der Waals surface area contributed by atoms with Crippen molar-refractivity contribution < 1.29 is 28.7 Å². The third-order valence-corrected chi connectivity index (χ3v) is 3.46. The van der Waals surface area contributed by atoms with E-state index in [0.29, 0.717) is 12.0 Å². The second-order valence-corrected chi connectivity index (χ2v) is 5.61. The number of hydrogen-bond acceptors (Lipinski definition) is 7. The second kappa shape index (κ2) is 10.3. The van der Waals surface area contributed by atoms with Crippen molar-refractivity contribution in [2.75, 3.05) is 13.2 Å². The van der Waals surface area contributed by atoms with E-state index in [-0.39, 0.29) is 25.4 Å². The van der Waals surface area contributed by atoms with E-state index in [0.717, 1.165) is 5.56 Å². The predicted molar refractivity (Wildman–Crippen MR) is 88.9 cm³/mol. The summed E-state index contributed by atoms with van der Waals surface area (Å²) in [6, 6.07) is 1.65. The van der Waals surface area contributed by atoms with Crippen LogP contribution in [0, 0.1) is 12.8 Å². The monoisotopic (exact) mass is 349 g/mol. The van der Waals surface area contributed by atoms with Gasteiger partial charge in [-0.2, -0.15) is 0 Å². The molecule has 1 aromatic heterocycles. The Labute approximate surface area is 146 Å². The lowest BCUT2D eigenvalue weighted by molar-refractivity contribution is -0.146. The molecule has 0 radical (unpaired) electrons. The summed E-state index contributed by atoms with van der Waals surface area (Å²) in [6.07, 6.45) is 3.61. The van der Waals surface area contributed by atoms with Crippen molar-refractivity contribution in [3.8, 4) is 0 Å². The Morgan fingerprint density at radius 3 is 2.48 bits per heavy atom. The molecule has 0 saturated heterocycles. The van der Waals surface area contributed by atoms with Gasteiger partial charge in [0, 0.05) is 31.3 Å². The smallest absolute Gasteiger partial charge is 0.305 e. The topological polar surface area (TPSA) is 99.6 Å². The van der Waals surface area contributed by atoms with Crippen LogP contribution in [0.3, 0.4) is 0 Å². The molecule has 0 N–H and O–H groups in total. The Morgan fingerprint density at radius 1 is 1.16 bits per heavy atom. The van der Waals surface area contributed by atoms with E-state index < -0.39 is 30.1 Å². The largest absolute Gasteiger partial charge is 0.466 e. The second-order valence-electron chi connectivity index (χ2n) is 5.61. The molecule has 0 aromatic carbocycles. The molecule has 1 rings (SSSR count). The van der Waals surface area contributed by atoms with E-state index in [4.69, 9.17) is 9.47 Å². The van der Waals surface area contributed by atoms with Crippen LogP contribution < -0.4 is 0 Å². The number of nitrogens with zero attached hydrogens (tertiary/aromatic N) is 1. The van der Waals surface area contributed by atoms with Crippen molar-refractivity contribution in [3.05, 3.63) is 29.6 Å². The molecule has 25 heavy (non-hydrogen) atoms. The highest BCUT2D eigenvalue weighted by Crippen LogP contribution is 2.18. The van der Waals surface area contributed by atoms with E-state index in [2.05, 4.69) is 4.98 Å². The average Bonchev–Trinajstić information content (AvgIpc) is 2.56. The first-order valence-electron chi connectivity index (χ1n) is 8.12. The summed E-state index contributed by atoms with van der Waals surface area (Å²) >= 11 is 0. The summed E-state index contributed by atoms with van der Waals surface area (Å²) in [5.41, 5.74) is 1.11. The van der Waals surface area contributed by atoms with E-state index >= 15 is 0 Å². The van der Waals surface area contributed by atoms with Crippen LogP contribution >= 0.6 is 0 Å². The maximum Gasteiger partial charge on any atom is 0.305 e. The minimum absolute atomic E-state index is 0.116. The van der Waals surface area contributed by atoms with Gasteiger partial charge in [-0.25, -0.2) is 0 Å². The van der Waals surface area contributed by atoms with Gasteiger partial charge in [0.05, 0.1) is 12.5 Å². The molecule has 1 unspecified atom stereocenters. The molecule has 0 spiro atoms. The highest BCUT2D eigenvalue weighted by molar-refractivity contribution is 6.11. The van der Waals surface area contributed by atoms with Gasteiger partial charge >= 0.3 is 11.9 Å². The SMILES string of the molecule is CCOC(=O)CCCC(C(=O)COC(C)=O)C(=O)c1cncc(C)c1. The maximum atomic E-state index is 12.7. The maximum absolute atomic E-state index is 12.7. The minimum Gasteiger partial charge on any atom is -0.466 e. The summed E-state index contributed by atoms with van der Waals surface area (Å²) in [5, 5.41) is 0. The van der Waals surface area contributed by atoms with Crippen molar-refractivity contribution >= 4 is 23.5 Å². The zero-order valence-corrected chi connectivity index (χ0v) is 14.7. The number of aryl methyl sites for hydroxylation is 1. The van der Waals surface area contributed by atoms with Gasteiger partial charge in [-0.15, -0.1) is 0 Å². The third-order valence-electron chi connectivity index (χ3n) is 3.46. The van der Waals surface area contributed by atoms with Crippen LogP contribution in [0.15, 0.2) is 18.5 Å². The Bertz CT molecular complexity index is 640. The van der Waals surface area contributed by atoms with Crippen molar-refractivity contribution in [2.24, 2.45) is 5.92 Å². The summed E-state index contributed by atoms with van der Waals surface area (Å²) in [5.74, 6) is -2.85. The van der Waals surface area contributed by atoms with E-state index in [9.17, 15) is 19.2 Å². The van der Waals surface area contributed by atoms with E-state index in [1.807, 2.05) is 0 Å². The van der Waals surface area contributed by atoms with Gasteiger partial charge in [-0.05, 0) is 38.3 Å². The fraction of sp³-hybridized carbons (Fsp3) is 0.500. The zero-order valence-electron chi connectivity index (χ0n) is 14.7. The molecule has 0 aliphatic heterocycles. The Hall–Kier alpha value is -2.57. The number of hydrogen-bond donors (Lipinski definition) is 0. The van der Waals surface area contributed by atoms with Gasteiger partial charge in [0.1, 0.15) is 0 Å². The predicted octanol–water partition coefficient (Wildman–Crippen LogP) is 2.05. The molecule has 136 valence electrons. The fourth-order valence-corrected chi connectivity index (χ4v) is 2.29. The third kappa shape index (κ3) is 7.24. The molecule has 0 aliphatic rings. The summed E-state index contributed by atoms with van der Waals surface area (Å²) < 4.78 is 9.55. The number of carbonyl (C=O) groups is 4. The number of ketones is 2. The normalized spacial score (nSPS) is 11.5. The quantitative estimate of drug-likeness (QED) is 0.362. The van der Waals surface area contributed by atoms with E-state index in [1.165, 1.54) is 13.1 Å². The number of aromatic nitrogens is 1. The number of carbonyl (C=O) groups excluding carboxylic acids is 4. The number of Topliss-reactive ketones (excluding diaryl/α,β-unsaturated/α-hetero) is 2. The van der Waals surface area contributed by atoms with Gasteiger partial charge in [0.25, 0.3) is 0 Å². The Balaban J connectivity index is 2.82. The molecule has 1 heterocycles. The molecular weight excluding hydrogens is 326 g/mol.